The Morgan fingerprint density at radius 2 is 2.25 bits per heavy atom. The second-order valence-corrected chi connectivity index (χ2v) is 6.00. The highest BCUT2D eigenvalue weighted by molar-refractivity contribution is 4.99. The fraction of sp³-hybridized carbons (Fsp3) is 0.846. The van der Waals surface area contributed by atoms with Gasteiger partial charge in [0.2, 0.25) is 5.89 Å². The Bertz CT molecular complexity index is 452. The first-order chi connectivity index (χ1) is 9.61. The van der Waals surface area contributed by atoms with Crippen molar-refractivity contribution in [3.8, 4) is 0 Å². The number of likely N-dealkylation sites (N-methyl/N-ethyl adjacent to an activating group) is 2. The molecule has 2 aliphatic rings. The second-order valence-electron chi connectivity index (χ2n) is 6.00. The molecular weight excluding hydrogens is 258 g/mol. The van der Waals surface area contributed by atoms with Crippen LogP contribution in [0.15, 0.2) is 4.52 Å². The number of aliphatic hydroxyl groups is 1. The molecule has 3 atom stereocenters. The molecule has 3 heterocycles. The van der Waals surface area contributed by atoms with Gasteiger partial charge in [-0.05, 0) is 20.5 Å². The summed E-state index contributed by atoms with van der Waals surface area (Å²) in [5.41, 5.74) is 0. The van der Waals surface area contributed by atoms with Crippen LogP contribution in [0.2, 0.25) is 0 Å². The minimum absolute atomic E-state index is 0.00184. The first-order valence-corrected chi connectivity index (χ1v) is 7.24. The molecule has 0 radical (unpaired) electrons. The van der Waals surface area contributed by atoms with Crippen molar-refractivity contribution in [2.75, 3.05) is 40.3 Å². The number of aliphatic hydroxyl groups excluding tert-OH is 1. The monoisotopic (exact) mass is 281 g/mol. The second kappa shape index (κ2) is 5.77. The summed E-state index contributed by atoms with van der Waals surface area (Å²) in [6.07, 6.45) is 1.14. The zero-order valence-corrected chi connectivity index (χ0v) is 12.1. The Labute approximate surface area is 118 Å². The molecule has 0 aromatic carbocycles. The average Bonchev–Trinajstić information content (AvgIpc) is 3.03. The SMILES string of the molecule is CN1CCN(C)C(Cc2noc([C@@H]3CC(O)CN3)n2)C1. The fourth-order valence-electron chi connectivity index (χ4n) is 2.93. The third kappa shape index (κ3) is 3.01. The Morgan fingerprint density at radius 3 is 3.00 bits per heavy atom. The molecule has 0 amide bonds. The maximum Gasteiger partial charge on any atom is 0.243 e. The molecule has 0 saturated carbocycles. The smallest absolute Gasteiger partial charge is 0.243 e. The number of nitrogens with zero attached hydrogens (tertiary/aromatic N) is 4. The number of aromatic nitrogens is 2. The van der Waals surface area contributed by atoms with Crippen LogP contribution in [0.4, 0.5) is 0 Å². The van der Waals surface area contributed by atoms with Crippen molar-refractivity contribution in [1.82, 2.24) is 25.3 Å². The van der Waals surface area contributed by atoms with Crippen molar-refractivity contribution >= 4 is 0 Å². The van der Waals surface area contributed by atoms with Crippen molar-refractivity contribution in [3.05, 3.63) is 11.7 Å². The van der Waals surface area contributed by atoms with Crippen molar-refractivity contribution in [2.24, 2.45) is 0 Å². The molecule has 2 unspecified atom stereocenters. The van der Waals surface area contributed by atoms with Crippen molar-refractivity contribution in [3.63, 3.8) is 0 Å². The lowest BCUT2D eigenvalue weighted by molar-refractivity contribution is 0.113. The maximum absolute atomic E-state index is 9.53. The number of hydrogen-bond acceptors (Lipinski definition) is 7. The summed E-state index contributed by atoms with van der Waals surface area (Å²) in [5, 5.41) is 16.8. The summed E-state index contributed by atoms with van der Waals surface area (Å²) in [5.74, 6) is 1.36. The predicted octanol–water partition coefficient (Wildman–Crippen LogP) is -0.747. The fourth-order valence-corrected chi connectivity index (χ4v) is 2.93. The van der Waals surface area contributed by atoms with E-state index in [1.54, 1.807) is 0 Å². The minimum Gasteiger partial charge on any atom is -0.392 e. The van der Waals surface area contributed by atoms with E-state index in [2.05, 4.69) is 39.4 Å². The Morgan fingerprint density at radius 1 is 1.40 bits per heavy atom. The molecule has 20 heavy (non-hydrogen) atoms. The molecule has 112 valence electrons. The van der Waals surface area contributed by atoms with Crippen LogP contribution in [0.1, 0.15) is 24.2 Å². The van der Waals surface area contributed by atoms with E-state index in [-0.39, 0.29) is 12.1 Å². The Hall–Kier alpha value is -1.02. The largest absolute Gasteiger partial charge is 0.392 e. The number of nitrogens with one attached hydrogen (secondary N) is 1. The summed E-state index contributed by atoms with van der Waals surface area (Å²) in [6.45, 7) is 3.80. The predicted molar refractivity (Wildman–Crippen MR) is 73.3 cm³/mol. The normalized spacial score (nSPS) is 32.9. The number of piperazine rings is 1. The number of β-amino-alcohol motifs (C(OH)–C–C–N with tert-alkyl or cyclic N) is 1. The van der Waals surface area contributed by atoms with Gasteiger partial charge in [0.05, 0.1) is 12.1 Å². The minimum atomic E-state index is -0.312. The van der Waals surface area contributed by atoms with Gasteiger partial charge in [-0.1, -0.05) is 5.16 Å². The molecular formula is C13H23N5O2. The van der Waals surface area contributed by atoms with Crippen molar-refractivity contribution in [2.45, 2.75) is 31.0 Å². The lowest BCUT2D eigenvalue weighted by Crippen LogP contribution is -2.50. The van der Waals surface area contributed by atoms with Gasteiger partial charge in [0.25, 0.3) is 0 Å². The van der Waals surface area contributed by atoms with Gasteiger partial charge < -0.3 is 24.7 Å². The van der Waals surface area contributed by atoms with Crippen LogP contribution in [0, 0.1) is 0 Å². The van der Waals surface area contributed by atoms with Gasteiger partial charge >= 0.3 is 0 Å². The quantitative estimate of drug-likeness (QED) is 0.755. The molecule has 1 aromatic rings. The van der Waals surface area contributed by atoms with Gasteiger partial charge in [-0.2, -0.15) is 4.98 Å². The molecule has 2 N–H and O–H groups in total. The summed E-state index contributed by atoms with van der Waals surface area (Å²) in [4.78, 5) is 9.17. The van der Waals surface area contributed by atoms with Gasteiger partial charge in [-0.15, -0.1) is 0 Å². The van der Waals surface area contributed by atoms with E-state index in [0.717, 1.165) is 31.9 Å². The molecule has 7 heteroatoms. The highest BCUT2D eigenvalue weighted by Gasteiger charge is 2.29. The van der Waals surface area contributed by atoms with Crippen molar-refractivity contribution in [1.29, 1.82) is 0 Å². The molecule has 0 spiro atoms. The molecule has 3 rings (SSSR count). The molecule has 2 saturated heterocycles. The first kappa shape index (κ1) is 13.9. The van der Waals surface area contributed by atoms with E-state index in [0.29, 0.717) is 24.9 Å². The summed E-state index contributed by atoms with van der Waals surface area (Å²) in [7, 11) is 4.29. The van der Waals surface area contributed by atoms with Gasteiger partial charge in [0.15, 0.2) is 5.82 Å². The van der Waals surface area contributed by atoms with Gasteiger partial charge in [-0.25, -0.2) is 0 Å². The van der Waals surface area contributed by atoms with E-state index in [1.807, 2.05) is 0 Å². The van der Waals surface area contributed by atoms with Crippen LogP contribution in [-0.2, 0) is 6.42 Å². The first-order valence-electron chi connectivity index (χ1n) is 7.24. The van der Waals surface area contributed by atoms with Crippen LogP contribution in [0.5, 0.6) is 0 Å². The van der Waals surface area contributed by atoms with Crippen molar-refractivity contribution < 1.29 is 9.63 Å². The van der Waals surface area contributed by atoms with Crippen LogP contribution in [0.25, 0.3) is 0 Å². The molecule has 2 fully saturated rings. The molecule has 2 aliphatic heterocycles. The molecule has 7 nitrogen and oxygen atoms in total. The van der Waals surface area contributed by atoms with Gasteiger partial charge in [0.1, 0.15) is 0 Å². The van der Waals surface area contributed by atoms with Crippen LogP contribution >= 0.6 is 0 Å². The Kier molecular flexibility index (Phi) is 4.02. The zero-order chi connectivity index (χ0) is 14.1. The standard InChI is InChI=1S/C13H23N5O2/c1-17-3-4-18(2)9(8-17)5-12-15-13(20-16-12)11-6-10(19)7-14-11/h9-11,14,19H,3-8H2,1-2H3/t9?,10?,11-/m0/s1. The topological polar surface area (TPSA) is 77.7 Å². The van der Waals surface area contributed by atoms with Crippen LogP contribution < -0.4 is 5.32 Å². The van der Waals surface area contributed by atoms with Crippen LogP contribution in [0.3, 0.4) is 0 Å². The lowest BCUT2D eigenvalue weighted by Gasteiger charge is -2.37. The van der Waals surface area contributed by atoms with E-state index in [9.17, 15) is 5.11 Å². The number of hydrogen-bond donors (Lipinski definition) is 2. The summed E-state index contributed by atoms with van der Waals surface area (Å²) in [6, 6.07) is 0.430. The summed E-state index contributed by atoms with van der Waals surface area (Å²) >= 11 is 0. The zero-order valence-electron chi connectivity index (χ0n) is 12.1. The van der Waals surface area contributed by atoms with E-state index in [4.69, 9.17) is 4.52 Å². The van der Waals surface area contributed by atoms with E-state index >= 15 is 0 Å². The van der Waals surface area contributed by atoms with Gasteiger partial charge in [-0.3, -0.25) is 0 Å². The van der Waals surface area contributed by atoms with E-state index in [1.165, 1.54) is 0 Å². The lowest BCUT2D eigenvalue weighted by atomic mass is 10.1. The average molecular weight is 281 g/mol. The molecule has 1 aromatic heterocycles. The molecule has 0 aliphatic carbocycles. The Balaban J connectivity index is 1.62. The van der Waals surface area contributed by atoms with E-state index < -0.39 is 0 Å². The third-order valence-corrected chi connectivity index (χ3v) is 4.29. The van der Waals surface area contributed by atoms with Crippen LogP contribution in [-0.4, -0.2) is 77.5 Å². The number of rotatable bonds is 3. The summed E-state index contributed by atoms with van der Waals surface area (Å²) < 4.78 is 5.33. The van der Waals surface area contributed by atoms with Gasteiger partial charge in [0, 0.05) is 38.6 Å². The highest BCUT2D eigenvalue weighted by Crippen LogP contribution is 2.22. The third-order valence-electron chi connectivity index (χ3n) is 4.29. The highest BCUT2D eigenvalue weighted by atomic mass is 16.5. The maximum atomic E-state index is 9.53. The molecule has 0 bridgehead atoms.